The lowest BCUT2D eigenvalue weighted by atomic mass is 10.0. The zero-order valence-corrected chi connectivity index (χ0v) is 14.9. The SMILES string of the molecule is Cc1c(Cl)cccc1OCC(=O)NC(C(=O)O)c1ccc2c(c1)CCO2. The molecule has 0 radical (unpaired) electrons. The molecule has 0 bridgehead atoms. The smallest absolute Gasteiger partial charge is 0.330 e. The maximum atomic E-state index is 12.2. The summed E-state index contributed by atoms with van der Waals surface area (Å²) < 4.78 is 10.9. The average Bonchev–Trinajstić information content (AvgIpc) is 3.08. The molecule has 2 aromatic carbocycles. The summed E-state index contributed by atoms with van der Waals surface area (Å²) in [7, 11) is 0. The van der Waals surface area contributed by atoms with Gasteiger partial charge in [0.2, 0.25) is 0 Å². The third-order valence-corrected chi connectivity index (χ3v) is 4.59. The molecule has 0 fully saturated rings. The van der Waals surface area contributed by atoms with E-state index in [-0.39, 0.29) is 6.61 Å². The second-order valence-electron chi connectivity index (χ2n) is 5.96. The van der Waals surface area contributed by atoms with Crippen molar-refractivity contribution in [2.75, 3.05) is 13.2 Å². The van der Waals surface area contributed by atoms with Crippen LogP contribution in [0, 0.1) is 6.92 Å². The van der Waals surface area contributed by atoms with Crippen molar-refractivity contribution in [1.82, 2.24) is 5.32 Å². The van der Waals surface area contributed by atoms with Gasteiger partial charge in [0, 0.05) is 17.0 Å². The Morgan fingerprint density at radius 2 is 2.15 bits per heavy atom. The van der Waals surface area contributed by atoms with Crippen LogP contribution in [-0.4, -0.2) is 30.2 Å². The van der Waals surface area contributed by atoms with Crippen molar-refractivity contribution >= 4 is 23.5 Å². The van der Waals surface area contributed by atoms with Crippen LogP contribution in [0.2, 0.25) is 5.02 Å². The van der Waals surface area contributed by atoms with Crippen LogP contribution in [0.5, 0.6) is 11.5 Å². The summed E-state index contributed by atoms with van der Waals surface area (Å²) in [6, 6.07) is 9.11. The van der Waals surface area contributed by atoms with Crippen molar-refractivity contribution in [3.8, 4) is 11.5 Å². The van der Waals surface area contributed by atoms with E-state index in [0.29, 0.717) is 22.9 Å². The molecule has 0 spiro atoms. The van der Waals surface area contributed by atoms with Gasteiger partial charge in [-0.25, -0.2) is 4.79 Å². The molecular weight excluding hydrogens is 358 g/mol. The van der Waals surface area contributed by atoms with Gasteiger partial charge in [0.05, 0.1) is 6.61 Å². The van der Waals surface area contributed by atoms with E-state index in [9.17, 15) is 14.7 Å². The summed E-state index contributed by atoms with van der Waals surface area (Å²) in [6.07, 6.45) is 0.723. The van der Waals surface area contributed by atoms with E-state index >= 15 is 0 Å². The topological polar surface area (TPSA) is 84.9 Å². The summed E-state index contributed by atoms with van der Waals surface area (Å²) in [5.74, 6) is -0.442. The maximum Gasteiger partial charge on any atom is 0.330 e. The molecule has 2 N–H and O–H groups in total. The Kier molecular flexibility index (Phi) is 5.32. The van der Waals surface area contributed by atoms with Gasteiger partial charge in [0.15, 0.2) is 12.6 Å². The molecule has 136 valence electrons. The number of rotatable bonds is 6. The number of benzene rings is 2. The first-order chi connectivity index (χ1) is 12.5. The molecule has 1 atom stereocenters. The Hall–Kier alpha value is -2.73. The Morgan fingerprint density at radius 3 is 2.92 bits per heavy atom. The molecule has 0 aromatic heterocycles. The van der Waals surface area contributed by atoms with Gasteiger partial charge in [-0.15, -0.1) is 0 Å². The Balaban J connectivity index is 1.67. The van der Waals surface area contributed by atoms with E-state index in [1.165, 1.54) is 0 Å². The van der Waals surface area contributed by atoms with Crippen molar-refractivity contribution in [2.24, 2.45) is 0 Å². The number of amides is 1. The monoisotopic (exact) mass is 375 g/mol. The van der Waals surface area contributed by atoms with Gasteiger partial charge >= 0.3 is 5.97 Å². The third-order valence-electron chi connectivity index (χ3n) is 4.18. The van der Waals surface area contributed by atoms with Gasteiger partial charge in [-0.05, 0) is 42.3 Å². The zero-order valence-electron chi connectivity index (χ0n) is 14.1. The van der Waals surface area contributed by atoms with Crippen LogP contribution in [-0.2, 0) is 16.0 Å². The van der Waals surface area contributed by atoms with Crippen LogP contribution in [0.4, 0.5) is 0 Å². The number of hydrogen-bond donors (Lipinski definition) is 2. The molecular formula is C19H18ClNO5. The molecule has 1 aliphatic rings. The predicted octanol–water partition coefficient (Wildman–Crippen LogP) is 2.90. The van der Waals surface area contributed by atoms with E-state index in [1.54, 1.807) is 43.3 Å². The number of nitrogens with one attached hydrogen (secondary N) is 1. The largest absolute Gasteiger partial charge is 0.493 e. The van der Waals surface area contributed by atoms with Gasteiger partial charge in [-0.3, -0.25) is 4.79 Å². The lowest BCUT2D eigenvalue weighted by molar-refractivity contribution is -0.142. The fourth-order valence-corrected chi connectivity index (χ4v) is 2.93. The fourth-order valence-electron chi connectivity index (χ4n) is 2.76. The van der Waals surface area contributed by atoms with Crippen molar-refractivity contribution in [3.05, 3.63) is 58.1 Å². The summed E-state index contributed by atoms with van der Waals surface area (Å²) in [6.45, 7) is 2.05. The lowest BCUT2D eigenvalue weighted by Gasteiger charge is -2.16. The van der Waals surface area contributed by atoms with Crippen LogP contribution >= 0.6 is 11.6 Å². The van der Waals surface area contributed by atoms with Gasteiger partial charge in [-0.2, -0.15) is 0 Å². The number of carbonyl (C=O) groups is 2. The van der Waals surface area contributed by atoms with Crippen LogP contribution in [0.3, 0.4) is 0 Å². The first-order valence-electron chi connectivity index (χ1n) is 8.11. The van der Waals surface area contributed by atoms with Crippen LogP contribution in [0.15, 0.2) is 36.4 Å². The lowest BCUT2D eigenvalue weighted by Crippen LogP contribution is -2.36. The van der Waals surface area contributed by atoms with E-state index in [1.807, 2.05) is 0 Å². The number of carboxylic acids is 1. The highest BCUT2D eigenvalue weighted by Crippen LogP contribution is 2.28. The number of hydrogen-bond acceptors (Lipinski definition) is 4. The van der Waals surface area contributed by atoms with Crippen LogP contribution < -0.4 is 14.8 Å². The number of aliphatic carboxylic acids is 1. The highest BCUT2D eigenvalue weighted by atomic mass is 35.5. The first-order valence-corrected chi connectivity index (χ1v) is 8.49. The maximum absolute atomic E-state index is 12.2. The highest BCUT2D eigenvalue weighted by molar-refractivity contribution is 6.31. The number of carboxylic acid groups (broad SMARTS) is 1. The summed E-state index contributed by atoms with van der Waals surface area (Å²) in [5.41, 5.74) is 2.15. The second-order valence-corrected chi connectivity index (χ2v) is 6.36. The number of carbonyl (C=O) groups excluding carboxylic acids is 1. The summed E-state index contributed by atoms with van der Waals surface area (Å²) in [4.78, 5) is 23.8. The van der Waals surface area contributed by atoms with E-state index in [0.717, 1.165) is 23.3 Å². The predicted molar refractivity (Wildman–Crippen MR) is 95.8 cm³/mol. The molecule has 0 saturated heterocycles. The van der Waals surface area contributed by atoms with Crippen molar-refractivity contribution in [2.45, 2.75) is 19.4 Å². The summed E-state index contributed by atoms with van der Waals surface area (Å²) >= 11 is 6.01. The Morgan fingerprint density at radius 1 is 1.35 bits per heavy atom. The van der Waals surface area contributed by atoms with Gasteiger partial charge < -0.3 is 19.9 Å². The minimum Gasteiger partial charge on any atom is -0.493 e. The molecule has 3 rings (SSSR count). The van der Waals surface area contributed by atoms with E-state index in [4.69, 9.17) is 21.1 Å². The number of ether oxygens (including phenoxy) is 2. The minimum absolute atomic E-state index is 0.307. The second kappa shape index (κ2) is 7.66. The zero-order chi connectivity index (χ0) is 18.7. The first kappa shape index (κ1) is 18.1. The fraction of sp³-hybridized carbons (Fsp3) is 0.263. The molecule has 1 unspecified atom stereocenters. The molecule has 26 heavy (non-hydrogen) atoms. The Bertz CT molecular complexity index is 852. The number of halogens is 1. The van der Waals surface area contributed by atoms with Crippen molar-refractivity contribution in [1.29, 1.82) is 0 Å². The van der Waals surface area contributed by atoms with Crippen molar-refractivity contribution in [3.63, 3.8) is 0 Å². The minimum atomic E-state index is -1.16. The average molecular weight is 376 g/mol. The standard InChI is InChI=1S/C19H18ClNO5/c1-11-14(20)3-2-4-15(11)26-10-17(22)21-18(19(23)24)13-5-6-16-12(9-13)7-8-25-16/h2-6,9,18H,7-8,10H2,1H3,(H,21,22)(H,23,24). The summed E-state index contributed by atoms with van der Waals surface area (Å²) in [5, 5.41) is 12.5. The normalized spacial score (nSPS) is 13.5. The van der Waals surface area contributed by atoms with Crippen molar-refractivity contribution < 1.29 is 24.2 Å². The molecule has 1 heterocycles. The molecule has 1 amide bonds. The molecule has 6 nitrogen and oxygen atoms in total. The van der Waals surface area contributed by atoms with Crippen LogP contribution in [0.25, 0.3) is 0 Å². The van der Waals surface area contributed by atoms with E-state index in [2.05, 4.69) is 5.32 Å². The molecule has 7 heteroatoms. The highest BCUT2D eigenvalue weighted by Gasteiger charge is 2.24. The Labute approximate surface area is 155 Å². The van der Waals surface area contributed by atoms with Gasteiger partial charge in [-0.1, -0.05) is 23.7 Å². The molecule has 2 aromatic rings. The van der Waals surface area contributed by atoms with Gasteiger partial charge in [0.25, 0.3) is 5.91 Å². The molecule has 0 aliphatic carbocycles. The number of fused-ring (bicyclic) bond motifs is 1. The molecule has 1 aliphatic heterocycles. The van der Waals surface area contributed by atoms with Gasteiger partial charge in [0.1, 0.15) is 11.5 Å². The third kappa shape index (κ3) is 3.91. The van der Waals surface area contributed by atoms with E-state index < -0.39 is 17.9 Å². The van der Waals surface area contributed by atoms with Crippen LogP contribution in [0.1, 0.15) is 22.7 Å². The molecule has 0 saturated carbocycles. The quantitative estimate of drug-likeness (QED) is 0.811.